The van der Waals surface area contributed by atoms with E-state index in [0.29, 0.717) is 29.7 Å². The summed E-state index contributed by atoms with van der Waals surface area (Å²) < 4.78 is 81.9. The Morgan fingerprint density at radius 3 is 2.33 bits per heavy atom. The zero-order valence-corrected chi connectivity index (χ0v) is 25.8. The van der Waals surface area contributed by atoms with E-state index in [1.807, 2.05) is 13.8 Å². The van der Waals surface area contributed by atoms with Gasteiger partial charge in [0.1, 0.15) is 0 Å². The number of rotatable bonds is 12. The normalized spacial score (nSPS) is 15.5. The van der Waals surface area contributed by atoms with Crippen LogP contribution in [0.15, 0.2) is 66.7 Å². The number of Topliss-reactive ketones (excluding diaryl/α,β-unsaturated/α-hetero) is 1. The van der Waals surface area contributed by atoms with Crippen LogP contribution in [0.4, 0.5) is 28.9 Å². The quantitative estimate of drug-likeness (QED) is 0.231. The highest BCUT2D eigenvalue weighted by molar-refractivity contribution is 7.92. The smallest absolute Gasteiger partial charge is 0.383 e. The molecule has 0 spiro atoms. The molecule has 1 aliphatic heterocycles. The number of nitrogens with one attached hydrogen (secondary N) is 3. The number of carbonyl (C=O) groups is 2. The van der Waals surface area contributed by atoms with Crippen LogP contribution in [0.1, 0.15) is 53.7 Å². The number of alkyl halides is 3. The van der Waals surface area contributed by atoms with Gasteiger partial charge in [0, 0.05) is 24.8 Å². The molecular weight excluding hydrogens is 612 g/mol. The van der Waals surface area contributed by atoms with Crippen molar-refractivity contribution in [3.63, 3.8) is 0 Å². The van der Waals surface area contributed by atoms with Gasteiger partial charge in [-0.05, 0) is 62.4 Å². The summed E-state index contributed by atoms with van der Waals surface area (Å²) in [7, 11) is -3.80. The van der Waals surface area contributed by atoms with Crippen molar-refractivity contribution in [1.29, 1.82) is 0 Å². The van der Waals surface area contributed by atoms with E-state index in [2.05, 4.69) is 16.0 Å². The first-order chi connectivity index (χ1) is 21.2. The Morgan fingerprint density at radius 1 is 0.956 bits per heavy atom. The number of anilines is 2. The van der Waals surface area contributed by atoms with Gasteiger partial charge in [-0.3, -0.25) is 13.9 Å². The molecule has 1 heterocycles. The minimum Gasteiger partial charge on any atom is -0.383 e. The first-order valence-corrected chi connectivity index (χ1v) is 16.2. The van der Waals surface area contributed by atoms with Crippen LogP contribution in [0, 0.1) is 5.82 Å². The Balaban J connectivity index is 1.58. The van der Waals surface area contributed by atoms with Crippen LogP contribution in [0.25, 0.3) is 0 Å². The van der Waals surface area contributed by atoms with E-state index in [1.54, 1.807) is 30.3 Å². The summed E-state index contributed by atoms with van der Waals surface area (Å²) in [5.74, 6) is -2.56. The van der Waals surface area contributed by atoms with Crippen molar-refractivity contribution in [2.75, 3.05) is 28.5 Å². The van der Waals surface area contributed by atoms with Gasteiger partial charge in [0.2, 0.25) is 10.0 Å². The second-order valence-electron chi connectivity index (χ2n) is 11.2. The molecule has 3 aromatic rings. The molecule has 8 nitrogen and oxygen atoms in total. The summed E-state index contributed by atoms with van der Waals surface area (Å²) in [6, 6.07) is 14.9. The zero-order valence-electron chi connectivity index (χ0n) is 25.0. The lowest BCUT2D eigenvalue weighted by Crippen LogP contribution is -2.46. The van der Waals surface area contributed by atoms with Crippen LogP contribution in [0.3, 0.4) is 0 Å². The predicted molar refractivity (Wildman–Crippen MR) is 165 cm³/mol. The molecule has 1 saturated heterocycles. The summed E-state index contributed by atoms with van der Waals surface area (Å²) in [6.45, 7) is 3.41. The van der Waals surface area contributed by atoms with E-state index >= 15 is 4.39 Å². The fraction of sp³-hybridized carbons (Fsp3) is 0.375. The Morgan fingerprint density at radius 2 is 1.67 bits per heavy atom. The molecule has 1 amide bonds. The van der Waals surface area contributed by atoms with Crippen LogP contribution in [0.5, 0.6) is 0 Å². The summed E-state index contributed by atoms with van der Waals surface area (Å²) in [6.07, 6.45) is -3.46. The number of nitrogens with zero attached hydrogens (tertiary/aromatic N) is 1. The monoisotopic (exact) mass is 648 g/mol. The minimum absolute atomic E-state index is 0.0348. The fourth-order valence-electron chi connectivity index (χ4n) is 5.07. The number of carbonyl (C=O) groups excluding carboxylic acids is 2. The number of amides is 1. The van der Waals surface area contributed by atoms with Gasteiger partial charge in [-0.2, -0.15) is 13.2 Å². The molecule has 0 unspecified atom stereocenters. The van der Waals surface area contributed by atoms with Gasteiger partial charge in [-0.1, -0.05) is 48.5 Å². The highest BCUT2D eigenvalue weighted by Crippen LogP contribution is 2.32. The van der Waals surface area contributed by atoms with Gasteiger partial charge in [-0.15, -0.1) is 0 Å². The van der Waals surface area contributed by atoms with E-state index in [-0.39, 0.29) is 43.5 Å². The molecule has 13 heteroatoms. The fourth-order valence-corrected chi connectivity index (χ4v) is 6.70. The van der Waals surface area contributed by atoms with Crippen LogP contribution in [0.2, 0.25) is 0 Å². The highest BCUT2D eigenvalue weighted by Gasteiger charge is 2.32. The van der Waals surface area contributed by atoms with Crippen LogP contribution in [-0.2, 0) is 34.0 Å². The van der Waals surface area contributed by atoms with Gasteiger partial charge in [0.05, 0.1) is 35.2 Å². The molecule has 0 radical (unpaired) electrons. The van der Waals surface area contributed by atoms with E-state index in [0.717, 1.165) is 16.4 Å². The molecule has 1 fully saturated rings. The maximum absolute atomic E-state index is 16.0. The summed E-state index contributed by atoms with van der Waals surface area (Å²) in [5, 5.41) is 8.55. The molecular formula is C32H36F4N4O4S. The lowest BCUT2D eigenvalue weighted by Gasteiger charge is -2.30. The predicted octanol–water partition coefficient (Wildman–Crippen LogP) is 5.29. The maximum atomic E-state index is 16.0. The molecule has 4 rings (SSSR count). The Kier molecular flexibility index (Phi) is 10.9. The average Bonchev–Trinajstić information content (AvgIpc) is 2.97. The summed E-state index contributed by atoms with van der Waals surface area (Å²) in [4.78, 5) is 27.0. The number of benzene rings is 3. The SMILES string of the molecule is CC(C)Nc1cc(C(=O)N[C@@H](Cc2ccccc2)C(=O)CNCc2cccc(C(F)(F)F)c2)c(F)c(N2CCCCS2(=O)=O)c1. The van der Waals surface area contributed by atoms with Crippen LogP contribution >= 0.6 is 0 Å². The topological polar surface area (TPSA) is 108 Å². The van der Waals surface area contributed by atoms with Gasteiger partial charge in [-0.25, -0.2) is 12.8 Å². The van der Waals surface area contributed by atoms with E-state index in [4.69, 9.17) is 0 Å². The second kappa shape index (κ2) is 14.4. The number of hydrogen-bond donors (Lipinski definition) is 3. The van der Waals surface area contributed by atoms with Crippen molar-refractivity contribution < 1.29 is 35.6 Å². The number of halogens is 4. The van der Waals surface area contributed by atoms with Gasteiger partial charge >= 0.3 is 6.18 Å². The molecule has 45 heavy (non-hydrogen) atoms. The third kappa shape index (κ3) is 9.04. The molecule has 242 valence electrons. The number of hydrogen-bond acceptors (Lipinski definition) is 6. The third-order valence-electron chi connectivity index (χ3n) is 7.23. The summed E-state index contributed by atoms with van der Waals surface area (Å²) >= 11 is 0. The standard InChI is InChI=1S/C32H36F4N4O4S/c1-21(2)38-25-17-26(30(33)28(18-25)40-13-6-7-14-45(40,43)44)31(42)39-27(16-22-9-4-3-5-10-22)29(41)20-37-19-23-11-8-12-24(15-23)32(34,35)36/h3-5,8-12,15,17-18,21,27,37-38H,6-7,13-14,16,19-20H2,1-2H3,(H,39,42)/t27-/m0/s1. The zero-order chi connectivity index (χ0) is 32.8. The van der Waals surface area contributed by atoms with Crippen LogP contribution in [-0.4, -0.2) is 51.0 Å². The lowest BCUT2D eigenvalue weighted by molar-refractivity contribution is -0.137. The summed E-state index contributed by atoms with van der Waals surface area (Å²) in [5.41, 5.74) is -0.127. The average molecular weight is 649 g/mol. The molecule has 0 saturated carbocycles. The van der Waals surface area contributed by atoms with Gasteiger partial charge < -0.3 is 16.0 Å². The first-order valence-electron chi connectivity index (χ1n) is 14.6. The largest absolute Gasteiger partial charge is 0.416 e. The maximum Gasteiger partial charge on any atom is 0.416 e. The molecule has 1 aliphatic rings. The lowest BCUT2D eigenvalue weighted by atomic mass is 10.0. The molecule has 3 N–H and O–H groups in total. The molecule has 0 bridgehead atoms. The molecule has 1 atom stereocenters. The molecule has 3 aromatic carbocycles. The molecule has 0 aliphatic carbocycles. The van der Waals surface area contributed by atoms with Crippen molar-refractivity contribution in [2.45, 2.75) is 57.9 Å². The van der Waals surface area contributed by atoms with E-state index < -0.39 is 50.9 Å². The van der Waals surface area contributed by atoms with E-state index in [9.17, 15) is 31.2 Å². The van der Waals surface area contributed by atoms with Crippen molar-refractivity contribution in [3.8, 4) is 0 Å². The third-order valence-corrected chi connectivity index (χ3v) is 9.09. The Bertz CT molecular complexity index is 1620. The minimum atomic E-state index is -4.51. The van der Waals surface area contributed by atoms with Gasteiger partial charge in [0.15, 0.2) is 11.6 Å². The Hall–Kier alpha value is -3.97. The van der Waals surface area contributed by atoms with Crippen molar-refractivity contribution in [2.24, 2.45) is 0 Å². The molecule has 0 aromatic heterocycles. The van der Waals surface area contributed by atoms with Crippen molar-refractivity contribution >= 4 is 33.1 Å². The highest BCUT2D eigenvalue weighted by atomic mass is 32.2. The van der Waals surface area contributed by atoms with Gasteiger partial charge in [0.25, 0.3) is 5.91 Å². The van der Waals surface area contributed by atoms with Crippen molar-refractivity contribution in [3.05, 3.63) is 94.8 Å². The van der Waals surface area contributed by atoms with Crippen LogP contribution < -0.4 is 20.3 Å². The van der Waals surface area contributed by atoms with E-state index in [1.165, 1.54) is 24.3 Å². The Labute approximate surface area is 260 Å². The number of ketones is 1. The second-order valence-corrected chi connectivity index (χ2v) is 13.2. The first kappa shape index (κ1) is 33.9. The van der Waals surface area contributed by atoms with Crippen molar-refractivity contribution in [1.82, 2.24) is 10.6 Å². The number of sulfonamides is 1.